The smallest absolute Gasteiger partial charge is 0.306 e. The van der Waals surface area contributed by atoms with Crippen molar-refractivity contribution in [3.05, 3.63) is 109 Å². The van der Waals surface area contributed by atoms with Crippen LogP contribution in [-0.2, 0) is 28.6 Å². The molecule has 0 saturated carbocycles. The molecule has 0 rings (SSSR count). The van der Waals surface area contributed by atoms with Crippen LogP contribution in [0.4, 0.5) is 0 Å². The van der Waals surface area contributed by atoms with Gasteiger partial charge in [0.2, 0.25) is 0 Å². The van der Waals surface area contributed by atoms with Gasteiger partial charge < -0.3 is 14.2 Å². The van der Waals surface area contributed by atoms with Crippen molar-refractivity contribution >= 4 is 17.9 Å². The molecule has 0 aliphatic carbocycles. The van der Waals surface area contributed by atoms with Gasteiger partial charge in [0.15, 0.2) is 6.10 Å². The number of allylic oxidation sites excluding steroid dienone is 18. The molecule has 0 fully saturated rings. The minimum Gasteiger partial charge on any atom is -0.462 e. The monoisotopic (exact) mass is 1120 g/mol. The molecule has 1 unspecified atom stereocenters. The normalized spacial score (nSPS) is 12.8. The van der Waals surface area contributed by atoms with Crippen molar-refractivity contribution in [2.45, 2.75) is 335 Å². The Kier molecular flexibility index (Phi) is 65.2. The molecule has 0 bridgehead atoms. The summed E-state index contributed by atoms with van der Waals surface area (Å²) in [7, 11) is 0. The van der Waals surface area contributed by atoms with Gasteiger partial charge in [-0.2, -0.15) is 0 Å². The number of ether oxygens (including phenoxy) is 3. The summed E-state index contributed by atoms with van der Waals surface area (Å²) in [5, 5.41) is 0. The Bertz CT molecular complexity index is 1620. The van der Waals surface area contributed by atoms with Crippen molar-refractivity contribution in [3.8, 4) is 0 Å². The van der Waals surface area contributed by atoms with Gasteiger partial charge in [-0.25, -0.2) is 0 Å². The molecule has 0 spiro atoms. The lowest BCUT2D eigenvalue weighted by atomic mass is 10.0. The first kappa shape index (κ1) is 77.1. The van der Waals surface area contributed by atoms with E-state index in [2.05, 4.69) is 130 Å². The van der Waals surface area contributed by atoms with Crippen LogP contribution < -0.4 is 0 Å². The number of rotatable bonds is 62. The molecule has 81 heavy (non-hydrogen) atoms. The van der Waals surface area contributed by atoms with E-state index in [0.717, 1.165) is 116 Å². The van der Waals surface area contributed by atoms with Crippen LogP contribution in [0.3, 0.4) is 0 Å². The average Bonchev–Trinajstić information content (AvgIpc) is 3.46. The molecule has 0 aromatic heterocycles. The van der Waals surface area contributed by atoms with Crippen molar-refractivity contribution in [2.24, 2.45) is 0 Å². The molecule has 0 aromatic carbocycles. The Labute approximate surface area is 501 Å². The molecule has 0 amide bonds. The topological polar surface area (TPSA) is 78.9 Å². The Balaban J connectivity index is 4.24. The number of unbranched alkanes of at least 4 members (excludes halogenated alkanes) is 33. The van der Waals surface area contributed by atoms with Crippen LogP contribution in [0.25, 0.3) is 0 Å². The Morgan fingerprint density at radius 3 is 0.778 bits per heavy atom. The van der Waals surface area contributed by atoms with E-state index in [1.807, 2.05) is 0 Å². The summed E-state index contributed by atoms with van der Waals surface area (Å²) < 4.78 is 16.9. The fourth-order valence-corrected chi connectivity index (χ4v) is 9.66. The van der Waals surface area contributed by atoms with E-state index in [4.69, 9.17) is 14.2 Å². The fraction of sp³-hybridized carbons (Fsp3) is 0.720. The Morgan fingerprint density at radius 2 is 0.481 bits per heavy atom. The third-order valence-corrected chi connectivity index (χ3v) is 14.7. The fourth-order valence-electron chi connectivity index (χ4n) is 9.66. The summed E-state index contributed by atoms with van der Waals surface area (Å²) in [4.78, 5) is 38.4. The van der Waals surface area contributed by atoms with Crippen LogP contribution in [0.2, 0.25) is 0 Å². The first-order chi connectivity index (χ1) is 40.0. The molecule has 0 radical (unpaired) electrons. The van der Waals surface area contributed by atoms with Crippen LogP contribution in [0.5, 0.6) is 0 Å². The van der Waals surface area contributed by atoms with E-state index >= 15 is 0 Å². The summed E-state index contributed by atoms with van der Waals surface area (Å²) in [6.07, 6.45) is 94.0. The van der Waals surface area contributed by atoms with Gasteiger partial charge in [0, 0.05) is 19.3 Å². The summed E-state index contributed by atoms with van der Waals surface area (Å²) in [6, 6.07) is 0. The molecule has 0 aliphatic heterocycles. The molecule has 0 saturated heterocycles. The lowest BCUT2D eigenvalue weighted by Crippen LogP contribution is -2.30. The van der Waals surface area contributed by atoms with Gasteiger partial charge in [-0.1, -0.05) is 297 Å². The van der Waals surface area contributed by atoms with E-state index < -0.39 is 6.10 Å². The number of hydrogen-bond acceptors (Lipinski definition) is 6. The molecule has 6 heteroatoms. The highest BCUT2D eigenvalue weighted by Gasteiger charge is 2.19. The standard InChI is InChI=1S/C75H128O6/c1-4-7-10-13-16-19-22-25-27-29-31-32-33-34-35-36-37-38-39-40-41-42-44-45-47-50-53-56-59-62-65-68-74(77)80-71-72(70-79-73(76)67-64-61-58-55-52-49-24-21-18-15-12-9-6-3)81-75(78)69-66-63-60-57-54-51-48-46-43-30-28-26-23-20-17-14-11-8-5-2/h7,9-10,12,16,18-19,21,25-28,31-32,34-35,49,52,72H,4-6,8,11,13-15,17,20,22-24,29-30,33,36-48,50-51,53-71H2,1-3H3/b10-7-,12-9-,19-16-,21-18-,27-25-,28-26-,32-31-,35-34-,52-49-. The molecular weight excluding hydrogens is 997 g/mol. The maximum atomic E-state index is 12.9. The van der Waals surface area contributed by atoms with Crippen molar-refractivity contribution in [1.29, 1.82) is 0 Å². The van der Waals surface area contributed by atoms with Crippen LogP contribution in [-0.4, -0.2) is 37.2 Å². The Morgan fingerprint density at radius 1 is 0.259 bits per heavy atom. The van der Waals surface area contributed by atoms with Crippen LogP contribution in [0.1, 0.15) is 329 Å². The highest BCUT2D eigenvalue weighted by molar-refractivity contribution is 5.71. The number of esters is 3. The van der Waals surface area contributed by atoms with Gasteiger partial charge in [0.05, 0.1) is 0 Å². The lowest BCUT2D eigenvalue weighted by molar-refractivity contribution is -0.167. The zero-order valence-electron chi connectivity index (χ0n) is 53.3. The Hall–Kier alpha value is -3.93. The maximum absolute atomic E-state index is 12.9. The first-order valence-electron chi connectivity index (χ1n) is 34.4. The maximum Gasteiger partial charge on any atom is 0.306 e. The van der Waals surface area contributed by atoms with Gasteiger partial charge in [-0.3, -0.25) is 14.4 Å². The van der Waals surface area contributed by atoms with Gasteiger partial charge in [0.25, 0.3) is 0 Å². The van der Waals surface area contributed by atoms with Gasteiger partial charge >= 0.3 is 17.9 Å². The van der Waals surface area contributed by atoms with Crippen molar-refractivity contribution in [1.82, 2.24) is 0 Å². The van der Waals surface area contributed by atoms with Gasteiger partial charge in [-0.05, 0) is 122 Å². The highest BCUT2D eigenvalue weighted by Crippen LogP contribution is 2.17. The van der Waals surface area contributed by atoms with Crippen molar-refractivity contribution in [3.63, 3.8) is 0 Å². The van der Waals surface area contributed by atoms with E-state index in [0.29, 0.717) is 19.3 Å². The third-order valence-electron chi connectivity index (χ3n) is 14.7. The first-order valence-corrected chi connectivity index (χ1v) is 34.4. The largest absolute Gasteiger partial charge is 0.462 e. The lowest BCUT2D eigenvalue weighted by Gasteiger charge is -2.18. The van der Waals surface area contributed by atoms with E-state index in [1.54, 1.807) is 0 Å². The SMILES string of the molecule is CC/C=C\C/C=C\C/C=C\C/C=C\C/C=C\CCCCCCCCCCCCCCCCCC(=O)OCC(COC(=O)CCCCC/C=C\C/C=C\C/C=C\CC)OC(=O)CCCCCCCCCCC/C=C\CCCCCCCC. The summed E-state index contributed by atoms with van der Waals surface area (Å²) in [5.74, 6) is -0.907. The average molecular weight is 1130 g/mol. The summed E-state index contributed by atoms with van der Waals surface area (Å²) >= 11 is 0. The van der Waals surface area contributed by atoms with Crippen molar-refractivity contribution < 1.29 is 28.6 Å². The second-order valence-electron chi connectivity index (χ2n) is 22.7. The van der Waals surface area contributed by atoms with Crippen LogP contribution >= 0.6 is 0 Å². The molecule has 0 N–H and O–H groups in total. The van der Waals surface area contributed by atoms with E-state index in [-0.39, 0.29) is 31.1 Å². The van der Waals surface area contributed by atoms with Gasteiger partial charge in [0.1, 0.15) is 13.2 Å². The summed E-state index contributed by atoms with van der Waals surface area (Å²) in [6.45, 7) is 6.41. The number of hydrogen-bond donors (Lipinski definition) is 0. The molecule has 0 aliphatic rings. The molecule has 6 nitrogen and oxygen atoms in total. The third kappa shape index (κ3) is 66.8. The van der Waals surface area contributed by atoms with E-state index in [1.165, 1.54) is 173 Å². The van der Waals surface area contributed by atoms with Crippen molar-refractivity contribution in [2.75, 3.05) is 13.2 Å². The summed E-state index contributed by atoms with van der Waals surface area (Å²) in [5.41, 5.74) is 0. The second-order valence-corrected chi connectivity index (χ2v) is 22.7. The predicted molar refractivity (Wildman–Crippen MR) is 353 cm³/mol. The van der Waals surface area contributed by atoms with Gasteiger partial charge in [-0.15, -0.1) is 0 Å². The highest BCUT2D eigenvalue weighted by atomic mass is 16.6. The zero-order valence-corrected chi connectivity index (χ0v) is 53.3. The second kappa shape index (κ2) is 68.6. The predicted octanol–water partition coefficient (Wildman–Crippen LogP) is 23.8. The molecule has 1 atom stereocenters. The molecule has 0 heterocycles. The molecular formula is C75H128O6. The number of carbonyl (C=O) groups is 3. The number of carbonyl (C=O) groups excluding carboxylic acids is 3. The minimum atomic E-state index is -0.792. The van der Waals surface area contributed by atoms with Crippen LogP contribution in [0.15, 0.2) is 109 Å². The molecule has 0 aromatic rings. The zero-order chi connectivity index (χ0) is 58.5. The molecule has 464 valence electrons. The van der Waals surface area contributed by atoms with Crippen LogP contribution in [0, 0.1) is 0 Å². The van der Waals surface area contributed by atoms with E-state index in [9.17, 15) is 14.4 Å². The minimum absolute atomic E-state index is 0.0866. The quantitative estimate of drug-likeness (QED) is 0.0261.